The number of nitrogens with one attached hydrogen (secondary N) is 1. The Morgan fingerprint density at radius 1 is 1.29 bits per heavy atom. The molecule has 1 saturated carbocycles. The highest BCUT2D eigenvalue weighted by Crippen LogP contribution is 2.41. The largest absolute Gasteiger partial charge is 0.416 e. The summed E-state index contributed by atoms with van der Waals surface area (Å²) in [6, 6.07) is 3.35. The first kappa shape index (κ1) is 19.6. The van der Waals surface area contributed by atoms with Crippen molar-refractivity contribution in [3.8, 4) is 0 Å². The van der Waals surface area contributed by atoms with E-state index in [2.05, 4.69) is 5.32 Å². The summed E-state index contributed by atoms with van der Waals surface area (Å²) in [6.45, 7) is 1.02. The zero-order valence-electron chi connectivity index (χ0n) is 15.1. The van der Waals surface area contributed by atoms with Crippen LogP contribution in [0.4, 0.5) is 18.9 Å². The average molecular weight is 414 g/mol. The number of anilines is 1. The Morgan fingerprint density at radius 3 is 2.86 bits per heavy atom. The summed E-state index contributed by atoms with van der Waals surface area (Å²) >= 11 is 1.15. The van der Waals surface area contributed by atoms with Crippen LogP contribution in [0.2, 0.25) is 0 Å². The highest BCUT2D eigenvalue weighted by atomic mass is 32.2. The molecule has 2 fully saturated rings. The molecule has 0 unspecified atom stereocenters. The van der Waals surface area contributed by atoms with E-state index >= 15 is 0 Å². The number of fused-ring (bicyclic) bond motifs is 2. The first-order chi connectivity index (χ1) is 13.3. The van der Waals surface area contributed by atoms with E-state index in [1.165, 1.54) is 6.07 Å². The molecule has 0 radical (unpaired) electrons. The van der Waals surface area contributed by atoms with E-state index in [4.69, 9.17) is 4.74 Å². The van der Waals surface area contributed by atoms with Crippen molar-refractivity contribution in [2.75, 3.05) is 18.5 Å². The van der Waals surface area contributed by atoms with Gasteiger partial charge in [-0.3, -0.25) is 9.59 Å². The lowest BCUT2D eigenvalue weighted by atomic mass is 9.90. The fourth-order valence-electron chi connectivity index (χ4n) is 4.14. The number of ether oxygens (including phenoxy) is 1. The number of nitrogens with zero attached hydrogens (tertiary/aromatic N) is 1. The van der Waals surface area contributed by atoms with Crippen LogP contribution >= 0.6 is 11.8 Å². The van der Waals surface area contributed by atoms with Gasteiger partial charge < -0.3 is 15.0 Å². The van der Waals surface area contributed by atoms with Crippen LogP contribution in [0.15, 0.2) is 23.1 Å². The SMILES string of the molecule is O=C1Nc2cc(C(F)(F)F)ccc2S[C@@H]1CC(=O)N1CCO[C@@H]2CCCC[C@H]21. The van der Waals surface area contributed by atoms with E-state index in [0.29, 0.717) is 18.0 Å². The number of amides is 2. The van der Waals surface area contributed by atoms with E-state index in [1.807, 2.05) is 4.90 Å². The molecule has 0 bridgehead atoms. The maximum Gasteiger partial charge on any atom is 0.416 e. The van der Waals surface area contributed by atoms with Crippen molar-refractivity contribution in [3.05, 3.63) is 23.8 Å². The van der Waals surface area contributed by atoms with Crippen LogP contribution in [0, 0.1) is 0 Å². The molecular weight excluding hydrogens is 393 g/mol. The van der Waals surface area contributed by atoms with Gasteiger partial charge in [-0.25, -0.2) is 0 Å². The highest BCUT2D eigenvalue weighted by molar-refractivity contribution is 8.01. The van der Waals surface area contributed by atoms with Gasteiger partial charge in [-0.05, 0) is 31.0 Å². The summed E-state index contributed by atoms with van der Waals surface area (Å²) in [7, 11) is 0. The minimum Gasteiger partial charge on any atom is -0.374 e. The van der Waals surface area contributed by atoms with Crippen molar-refractivity contribution in [1.29, 1.82) is 0 Å². The number of carbonyl (C=O) groups excluding carboxylic acids is 2. The Balaban J connectivity index is 1.45. The third kappa shape index (κ3) is 3.87. The van der Waals surface area contributed by atoms with Gasteiger partial charge in [0, 0.05) is 17.9 Å². The number of halogens is 3. The zero-order valence-corrected chi connectivity index (χ0v) is 15.9. The smallest absolute Gasteiger partial charge is 0.374 e. The average Bonchev–Trinajstić information content (AvgIpc) is 2.67. The molecule has 1 aromatic rings. The third-order valence-electron chi connectivity index (χ3n) is 5.54. The number of hydrogen-bond acceptors (Lipinski definition) is 4. The van der Waals surface area contributed by atoms with Gasteiger partial charge in [0.15, 0.2) is 0 Å². The molecule has 3 atom stereocenters. The van der Waals surface area contributed by atoms with E-state index < -0.39 is 22.9 Å². The van der Waals surface area contributed by atoms with Crippen LogP contribution in [-0.4, -0.2) is 47.3 Å². The topological polar surface area (TPSA) is 58.6 Å². The molecule has 1 saturated heterocycles. The summed E-state index contributed by atoms with van der Waals surface area (Å²) < 4.78 is 44.4. The molecule has 1 N–H and O–H groups in total. The molecule has 28 heavy (non-hydrogen) atoms. The Labute approximate surface area is 165 Å². The molecule has 0 spiro atoms. The molecule has 9 heteroatoms. The summed E-state index contributed by atoms with van der Waals surface area (Å²) in [5.74, 6) is -0.526. The predicted molar refractivity (Wildman–Crippen MR) is 98.0 cm³/mol. The zero-order chi connectivity index (χ0) is 19.9. The lowest BCUT2D eigenvalue weighted by Crippen LogP contribution is -2.55. The fourth-order valence-corrected chi connectivity index (χ4v) is 5.23. The highest BCUT2D eigenvalue weighted by Gasteiger charge is 2.39. The first-order valence-electron chi connectivity index (χ1n) is 9.43. The number of benzene rings is 1. The molecular formula is C19H21F3N2O3S. The van der Waals surface area contributed by atoms with Crippen LogP contribution < -0.4 is 5.32 Å². The van der Waals surface area contributed by atoms with Gasteiger partial charge in [-0.1, -0.05) is 12.8 Å². The third-order valence-corrected chi connectivity index (χ3v) is 6.81. The Kier molecular flexibility index (Phi) is 5.30. The molecule has 1 aromatic carbocycles. The monoisotopic (exact) mass is 414 g/mol. The van der Waals surface area contributed by atoms with Crippen LogP contribution in [-0.2, 0) is 20.5 Å². The predicted octanol–water partition coefficient (Wildman–Crippen LogP) is 3.68. The standard InChI is InChI=1S/C19H21F3N2O3S/c20-19(21,22)11-5-6-15-12(9-11)23-18(26)16(28-15)10-17(25)24-7-8-27-14-4-2-1-3-13(14)24/h5-6,9,13-14,16H,1-4,7-8,10H2,(H,23,26)/t13-,14-,16-/m1/s1. The van der Waals surface area contributed by atoms with Gasteiger partial charge in [0.2, 0.25) is 11.8 Å². The van der Waals surface area contributed by atoms with Gasteiger partial charge in [0.05, 0.1) is 35.3 Å². The minimum absolute atomic E-state index is 0.0280. The lowest BCUT2D eigenvalue weighted by Gasteiger charge is -2.44. The van der Waals surface area contributed by atoms with E-state index in [1.54, 1.807) is 0 Å². The fraction of sp³-hybridized carbons (Fsp3) is 0.579. The Morgan fingerprint density at radius 2 is 2.07 bits per heavy atom. The molecule has 152 valence electrons. The first-order valence-corrected chi connectivity index (χ1v) is 10.3. The normalized spacial score (nSPS) is 27.6. The summed E-state index contributed by atoms with van der Waals surface area (Å²) in [5.41, 5.74) is -0.662. The van der Waals surface area contributed by atoms with E-state index in [9.17, 15) is 22.8 Å². The molecule has 1 aliphatic carbocycles. The lowest BCUT2D eigenvalue weighted by molar-refractivity contribution is -0.150. The van der Waals surface area contributed by atoms with Gasteiger partial charge in [-0.2, -0.15) is 13.2 Å². The second-order valence-electron chi connectivity index (χ2n) is 7.36. The second-order valence-corrected chi connectivity index (χ2v) is 8.60. The van der Waals surface area contributed by atoms with Gasteiger partial charge in [-0.15, -0.1) is 11.8 Å². The maximum absolute atomic E-state index is 12.9. The van der Waals surface area contributed by atoms with Crippen LogP contribution in [0.3, 0.4) is 0 Å². The Hall–Kier alpha value is -1.74. The molecule has 5 nitrogen and oxygen atoms in total. The van der Waals surface area contributed by atoms with Crippen molar-refractivity contribution < 1.29 is 27.5 Å². The number of hydrogen-bond donors (Lipinski definition) is 1. The van der Waals surface area contributed by atoms with Gasteiger partial charge in [0.25, 0.3) is 0 Å². The summed E-state index contributed by atoms with van der Waals surface area (Å²) in [6.07, 6.45) is -0.362. The molecule has 0 aromatic heterocycles. The number of morpholine rings is 1. The summed E-state index contributed by atoms with van der Waals surface area (Å²) in [5, 5.41) is 1.88. The molecule has 3 aliphatic rings. The maximum atomic E-state index is 12.9. The van der Waals surface area contributed by atoms with Crippen molar-refractivity contribution in [3.63, 3.8) is 0 Å². The minimum atomic E-state index is -4.47. The van der Waals surface area contributed by atoms with Gasteiger partial charge in [0.1, 0.15) is 0 Å². The van der Waals surface area contributed by atoms with Gasteiger partial charge >= 0.3 is 6.18 Å². The van der Waals surface area contributed by atoms with Crippen molar-refractivity contribution in [1.82, 2.24) is 4.90 Å². The summed E-state index contributed by atoms with van der Waals surface area (Å²) in [4.78, 5) is 27.7. The van der Waals surface area contributed by atoms with Crippen LogP contribution in [0.25, 0.3) is 0 Å². The van der Waals surface area contributed by atoms with Crippen LogP contribution in [0.5, 0.6) is 0 Å². The van der Waals surface area contributed by atoms with Crippen molar-refractivity contribution in [2.24, 2.45) is 0 Å². The number of alkyl halides is 3. The van der Waals surface area contributed by atoms with E-state index in [-0.39, 0.29) is 30.2 Å². The van der Waals surface area contributed by atoms with Crippen molar-refractivity contribution in [2.45, 2.75) is 60.6 Å². The molecule has 4 rings (SSSR count). The Bertz CT molecular complexity index is 784. The second kappa shape index (κ2) is 7.59. The number of carbonyl (C=O) groups is 2. The molecule has 2 heterocycles. The quantitative estimate of drug-likeness (QED) is 0.802. The van der Waals surface area contributed by atoms with Crippen LogP contribution in [0.1, 0.15) is 37.7 Å². The van der Waals surface area contributed by atoms with E-state index in [0.717, 1.165) is 49.6 Å². The number of thioether (sulfide) groups is 1. The molecule has 2 aliphatic heterocycles. The van der Waals surface area contributed by atoms with Crippen molar-refractivity contribution >= 4 is 29.3 Å². The molecule has 2 amide bonds. The number of rotatable bonds is 2.